The van der Waals surface area contributed by atoms with Crippen LogP contribution in [0.25, 0.3) is 16.7 Å². The standard InChI is InChI=1S/C30H31N7O3/c1-4-12-36-28(39)22-15-31-29(32-20-6-8-23-19(13-20)16-34(3)18-30(23)10-11-30)33-27(22)37(36)21-7-9-25-24(14-21)35(5-2)26(38)17-40-25/h4,6-9,13-15H,1,5,10-12,16-18H2,2-3H3,(H,31,32,33). The van der Waals surface area contributed by atoms with E-state index in [0.29, 0.717) is 46.1 Å². The lowest BCUT2D eigenvalue weighted by Crippen LogP contribution is -2.38. The fourth-order valence-corrected chi connectivity index (χ4v) is 6.28. The van der Waals surface area contributed by atoms with Crippen LogP contribution in [0.1, 0.15) is 30.9 Å². The van der Waals surface area contributed by atoms with Crippen LogP contribution in [0.3, 0.4) is 0 Å². The molecule has 0 unspecified atom stereocenters. The zero-order valence-electron chi connectivity index (χ0n) is 22.7. The number of rotatable bonds is 6. The maximum atomic E-state index is 13.4. The van der Waals surface area contributed by atoms with Gasteiger partial charge >= 0.3 is 0 Å². The number of ether oxygens (including phenoxy) is 1. The van der Waals surface area contributed by atoms with Gasteiger partial charge in [-0.2, -0.15) is 4.98 Å². The molecule has 0 bridgehead atoms. The van der Waals surface area contributed by atoms with Gasteiger partial charge < -0.3 is 19.9 Å². The van der Waals surface area contributed by atoms with E-state index in [1.54, 1.807) is 26.5 Å². The SMILES string of the molecule is C=CCn1c(=O)c2cnc(Nc3ccc4c(c3)CN(C)CC43CC3)nc2n1-c1ccc2c(c1)N(CC)C(=O)CO2. The number of fused-ring (bicyclic) bond motifs is 4. The second-order valence-corrected chi connectivity index (χ2v) is 10.9. The summed E-state index contributed by atoms with van der Waals surface area (Å²) in [4.78, 5) is 39.3. The number of hydrogen-bond donors (Lipinski definition) is 1. The number of hydrogen-bond acceptors (Lipinski definition) is 7. The molecule has 1 spiro atoms. The summed E-state index contributed by atoms with van der Waals surface area (Å²) < 4.78 is 8.99. The molecule has 0 saturated heterocycles. The number of nitrogens with zero attached hydrogens (tertiary/aromatic N) is 6. The maximum Gasteiger partial charge on any atom is 0.278 e. The van der Waals surface area contributed by atoms with Crippen LogP contribution in [0.4, 0.5) is 17.3 Å². The number of allylic oxidation sites excluding steroid dienone is 1. The second kappa shape index (κ2) is 9.06. The molecule has 1 fully saturated rings. The highest BCUT2D eigenvalue weighted by Crippen LogP contribution is 2.52. The Bertz CT molecular complexity index is 1750. The Morgan fingerprint density at radius 2 is 2.02 bits per heavy atom. The van der Waals surface area contributed by atoms with Gasteiger partial charge in [0.25, 0.3) is 11.5 Å². The summed E-state index contributed by atoms with van der Waals surface area (Å²) in [7, 11) is 2.18. The van der Waals surface area contributed by atoms with Gasteiger partial charge in [-0.15, -0.1) is 6.58 Å². The van der Waals surface area contributed by atoms with E-state index in [9.17, 15) is 9.59 Å². The number of anilines is 3. The van der Waals surface area contributed by atoms with Gasteiger partial charge in [0.2, 0.25) is 5.95 Å². The molecule has 1 saturated carbocycles. The second-order valence-electron chi connectivity index (χ2n) is 10.9. The van der Waals surface area contributed by atoms with Crippen molar-refractivity contribution in [2.24, 2.45) is 0 Å². The lowest BCUT2D eigenvalue weighted by Gasteiger charge is -2.32. The fourth-order valence-electron chi connectivity index (χ4n) is 6.28. The third-order valence-electron chi connectivity index (χ3n) is 8.22. The number of nitrogens with one attached hydrogen (secondary N) is 1. The lowest BCUT2D eigenvalue weighted by molar-refractivity contribution is -0.121. The predicted octanol–water partition coefficient (Wildman–Crippen LogP) is 3.73. The molecule has 3 aliphatic rings. The molecule has 7 rings (SSSR count). The minimum Gasteiger partial charge on any atom is -0.482 e. The van der Waals surface area contributed by atoms with Crippen LogP contribution in [0.15, 0.2) is 60.0 Å². The third kappa shape index (κ3) is 3.82. The molecule has 1 aliphatic carbocycles. The summed E-state index contributed by atoms with van der Waals surface area (Å²) in [6, 6.07) is 12.1. The molecule has 1 N–H and O–H groups in total. The highest BCUT2D eigenvalue weighted by molar-refractivity contribution is 5.98. The van der Waals surface area contributed by atoms with Crippen LogP contribution < -0.4 is 20.5 Å². The molecule has 2 aliphatic heterocycles. The molecule has 2 aromatic heterocycles. The lowest BCUT2D eigenvalue weighted by atomic mass is 9.87. The summed E-state index contributed by atoms with van der Waals surface area (Å²) in [5.74, 6) is 0.918. The number of amides is 1. The normalized spacial score (nSPS) is 17.4. The molecule has 2 aromatic carbocycles. The Morgan fingerprint density at radius 1 is 1.18 bits per heavy atom. The van der Waals surface area contributed by atoms with Gasteiger partial charge in [-0.3, -0.25) is 9.59 Å². The van der Waals surface area contributed by atoms with Crippen molar-refractivity contribution in [3.63, 3.8) is 0 Å². The third-order valence-corrected chi connectivity index (χ3v) is 8.22. The molecular formula is C30H31N7O3. The molecule has 0 radical (unpaired) electrons. The zero-order valence-corrected chi connectivity index (χ0v) is 22.7. The van der Waals surface area contributed by atoms with Crippen LogP contribution in [-0.4, -0.2) is 56.9 Å². The summed E-state index contributed by atoms with van der Waals surface area (Å²) >= 11 is 0. The van der Waals surface area contributed by atoms with Gasteiger partial charge in [-0.1, -0.05) is 12.1 Å². The van der Waals surface area contributed by atoms with E-state index < -0.39 is 0 Å². The molecule has 4 heterocycles. The Labute approximate surface area is 231 Å². The van der Waals surface area contributed by atoms with E-state index in [0.717, 1.165) is 18.8 Å². The van der Waals surface area contributed by atoms with Crippen molar-refractivity contribution in [3.8, 4) is 11.4 Å². The Balaban J connectivity index is 1.31. The smallest absolute Gasteiger partial charge is 0.278 e. The van der Waals surface area contributed by atoms with Crippen molar-refractivity contribution < 1.29 is 9.53 Å². The highest BCUT2D eigenvalue weighted by Gasteiger charge is 2.48. The molecule has 0 atom stereocenters. The van der Waals surface area contributed by atoms with Crippen molar-refractivity contribution in [2.75, 3.05) is 37.0 Å². The maximum absolute atomic E-state index is 13.4. The van der Waals surface area contributed by atoms with Gasteiger partial charge in [0.1, 0.15) is 11.1 Å². The summed E-state index contributed by atoms with van der Waals surface area (Å²) in [5, 5.41) is 3.76. The Morgan fingerprint density at radius 3 is 2.80 bits per heavy atom. The van der Waals surface area contributed by atoms with Crippen LogP contribution >= 0.6 is 0 Å². The monoisotopic (exact) mass is 537 g/mol. The topological polar surface area (TPSA) is 97.5 Å². The van der Waals surface area contributed by atoms with E-state index in [-0.39, 0.29) is 24.6 Å². The van der Waals surface area contributed by atoms with Crippen molar-refractivity contribution in [1.29, 1.82) is 0 Å². The molecule has 204 valence electrons. The first kappa shape index (κ1) is 24.6. The van der Waals surface area contributed by atoms with Crippen LogP contribution in [-0.2, 0) is 23.3 Å². The first-order chi connectivity index (χ1) is 19.4. The largest absolute Gasteiger partial charge is 0.482 e. The van der Waals surface area contributed by atoms with Crippen LogP contribution in [0, 0.1) is 0 Å². The Kier molecular flexibility index (Phi) is 5.57. The quantitative estimate of drug-likeness (QED) is 0.374. The average molecular weight is 538 g/mol. The fraction of sp³-hybridized carbons (Fsp3) is 0.333. The van der Waals surface area contributed by atoms with Gasteiger partial charge in [0.05, 0.1) is 17.9 Å². The number of carbonyl (C=O) groups is 1. The molecule has 10 heteroatoms. The van der Waals surface area contributed by atoms with E-state index in [1.807, 2.05) is 25.1 Å². The minimum atomic E-state index is -0.217. The number of carbonyl (C=O) groups excluding carboxylic acids is 1. The summed E-state index contributed by atoms with van der Waals surface area (Å²) in [6.07, 6.45) is 5.73. The Hall–Kier alpha value is -4.44. The summed E-state index contributed by atoms with van der Waals surface area (Å²) in [6.45, 7) is 8.59. The van der Waals surface area contributed by atoms with Gasteiger partial charge in [-0.25, -0.2) is 14.3 Å². The van der Waals surface area contributed by atoms with E-state index in [1.165, 1.54) is 24.0 Å². The molecule has 4 aromatic rings. The predicted molar refractivity (Wildman–Crippen MR) is 154 cm³/mol. The van der Waals surface area contributed by atoms with E-state index in [2.05, 4.69) is 47.0 Å². The number of aromatic nitrogens is 4. The first-order valence-electron chi connectivity index (χ1n) is 13.7. The molecule has 40 heavy (non-hydrogen) atoms. The summed E-state index contributed by atoms with van der Waals surface area (Å²) in [5.41, 5.74) is 5.60. The molecule has 1 amide bonds. The van der Waals surface area contributed by atoms with Gasteiger partial charge in [0.15, 0.2) is 12.3 Å². The van der Waals surface area contributed by atoms with Crippen molar-refractivity contribution in [1.82, 2.24) is 24.2 Å². The van der Waals surface area contributed by atoms with Gasteiger partial charge in [-0.05, 0) is 68.3 Å². The minimum absolute atomic E-state index is 0.00995. The average Bonchev–Trinajstić information content (AvgIpc) is 3.65. The molecule has 10 nitrogen and oxygen atoms in total. The van der Waals surface area contributed by atoms with Crippen molar-refractivity contribution >= 4 is 34.3 Å². The number of benzene rings is 2. The van der Waals surface area contributed by atoms with E-state index in [4.69, 9.17) is 9.72 Å². The van der Waals surface area contributed by atoms with Crippen molar-refractivity contribution in [2.45, 2.75) is 38.3 Å². The van der Waals surface area contributed by atoms with Crippen LogP contribution in [0.2, 0.25) is 0 Å². The zero-order chi connectivity index (χ0) is 27.6. The van der Waals surface area contributed by atoms with Crippen molar-refractivity contribution in [3.05, 3.63) is 76.7 Å². The van der Waals surface area contributed by atoms with Gasteiger partial charge in [0, 0.05) is 36.9 Å². The first-order valence-corrected chi connectivity index (χ1v) is 13.7. The highest BCUT2D eigenvalue weighted by atomic mass is 16.5. The van der Waals surface area contributed by atoms with E-state index >= 15 is 0 Å². The van der Waals surface area contributed by atoms with Crippen LogP contribution in [0.5, 0.6) is 5.75 Å². The number of likely N-dealkylation sites (N-methyl/N-ethyl adjacent to an activating group) is 2. The molecular weight excluding hydrogens is 506 g/mol.